The fraction of sp³-hybridized carbons (Fsp3) is 0.500. The van der Waals surface area contributed by atoms with Gasteiger partial charge in [-0.3, -0.25) is 0 Å². The van der Waals surface area contributed by atoms with Crippen LogP contribution in [0.1, 0.15) is 49.2 Å². The number of nitrogen functional groups attached to an aromatic ring is 1. The lowest BCUT2D eigenvalue weighted by Crippen LogP contribution is -2.35. The highest BCUT2D eigenvalue weighted by atomic mass is 16.6. The smallest absolute Gasteiger partial charge is 0.407 e. The van der Waals surface area contributed by atoms with Crippen molar-refractivity contribution in [1.29, 1.82) is 0 Å². The molecule has 134 valence electrons. The number of carboxylic acids is 1. The van der Waals surface area contributed by atoms with Crippen LogP contribution in [0, 0.1) is 0 Å². The van der Waals surface area contributed by atoms with E-state index in [-0.39, 0.29) is 29.8 Å². The molecule has 0 heterocycles. The molecule has 0 saturated heterocycles. The molecule has 0 spiro atoms. The average Bonchev–Trinajstić information content (AvgIpc) is 2.44. The SMILES string of the molecule is CC(C)(C)OC(=O)NCCC(O)C(O)c1c(N)cccc1C(=O)O. The minimum Gasteiger partial charge on any atom is -0.478 e. The number of rotatable bonds is 6. The third-order valence-electron chi connectivity index (χ3n) is 3.14. The molecule has 0 aliphatic heterocycles. The first-order valence-corrected chi connectivity index (χ1v) is 7.47. The number of anilines is 1. The van der Waals surface area contributed by atoms with Crippen LogP contribution in [-0.4, -0.2) is 45.6 Å². The van der Waals surface area contributed by atoms with Gasteiger partial charge in [0, 0.05) is 17.8 Å². The average molecular weight is 340 g/mol. The molecule has 6 N–H and O–H groups in total. The monoisotopic (exact) mass is 340 g/mol. The van der Waals surface area contributed by atoms with E-state index in [2.05, 4.69) is 5.32 Å². The van der Waals surface area contributed by atoms with E-state index >= 15 is 0 Å². The first-order valence-electron chi connectivity index (χ1n) is 7.47. The molecule has 1 aromatic rings. The molecule has 1 aromatic carbocycles. The number of nitrogens with two attached hydrogens (primary N) is 1. The summed E-state index contributed by atoms with van der Waals surface area (Å²) in [6, 6.07) is 4.19. The number of hydrogen-bond acceptors (Lipinski definition) is 6. The molecule has 0 aliphatic rings. The van der Waals surface area contributed by atoms with Crippen LogP contribution in [0.5, 0.6) is 0 Å². The molecular weight excluding hydrogens is 316 g/mol. The van der Waals surface area contributed by atoms with E-state index in [0.717, 1.165) is 0 Å². The largest absolute Gasteiger partial charge is 0.478 e. The van der Waals surface area contributed by atoms with Gasteiger partial charge in [-0.25, -0.2) is 9.59 Å². The minimum absolute atomic E-state index is 0.00615. The highest BCUT2D eigenvalue weighted by Gasteiger charge is 2.26. The zero-order valence-corrected chi connectivity index (χ0v) is 13.9. The molecule has 0 saturated carbocycles. The van der Waals surface area contributed by atoms with Crippen molar-refractivity contribution in [3.63, 3.8) is 0 Å². The summed E-state index contributed by atoms with van der Waals surface area (Å²) < 4.78 is 5.04. The number of aliphatic hydroxyl groups is 2. The lowest BCUT2D eigenvalue weighted by molar-refractivity contribution is 0.0119. The minimum atomic E-state index is -1.49. The van der Waals surface area contributed by atoms with Gasteiger partial charge in [-0.05, 0) is 39.3 Å². The Balaban J connectivity index is 2.68. The van der Waals surface area contributed by atoms with E-state index < -0.39 is 29.9 Å². The Bertz CT molecular complexity index is 597. The van der Waals surface area contributed by atoms with Crippen molar-refractivity contribution in [1.82, 2.24) is 5.32 Å². The Morgan fingerprint density at radius 1 is 1.29 bits per heavy atom. The normalized spacial score (nSPS) is 13.9. The van der Waals surface area contributed by atoms with Crippen LogP contribution < -0.4 is 11.1 Å². The fourth-order valence-electron chi connectivity index (χ4n) is 2.09. The van der Waals surface area contributed by atoms with Crippen molar-refractivity contribution in [3.8, 4) is 0 Å². The number of carboxylic acid groups (broad SMARTS) is 1. The Morgan fingerprint density at radius 2 is 1.92 bits per heavy atom. The van der Waals surface area contributed by atoms with Gasteiger partial charge in [-0.1, -0.05) is 6.07 Å². The van der Waals surface area contributed by atoms with Crippen LogP contribution in [0.2, 0.25) is 0 Å². The van der Waals surface area contributed by atoms with Crippen LogP contribution in [0.15, 0.2) is 18.2 Å². The summed E-state index contributed by atoms with van der Waals surface area (Å²) in [5.74, 6) is -1.25. The van der Waals surface area contributed by atoms with Crippen molar-refractivity contribution in [2.45, 2.75) is 45.0 Å². The summed E-state index contributed by atoms with van der Waals surface area (Å²) in [7, 11) is 0. The molecule has 2 atom stereocenters. The maximum atomic E-state index is 11.5. The molecule has 1 amide bonds. The number of alkyl carbamates (subject to hydrolysis) is 1. The van der Waals surface area contributed by atoms with Crippen molar-refractivity contribution in [2.24, 2.45) is 0 Å². The molecule has 0 fully saturated rings. The summed E-state index contributed by atoms with van der Waals surface area (Å²) in [6.07, 6.45) is -3.44. The summed E-state index contributed by atoms with van der Waals surface area (Å²) in [5.41, 5.74) is 4.92. The number of benzene rings is 1. The standard InChI is InChI=1S/C16H24N2O6/c1-16(2,3)24-15(23)18-8-7-11(19)13(20)12-9(14(21)22)5-4-6-10(12)17/h4-6,11,13,19-20H,7-8,17H2,1-3H3,(H,18,23)(H,21,22). The van der Waals surface area contributed by atoms with E-state index in [4.69, 9.17) is 15.6 Å². The van der Waals surface area contributed by atoms with E-state index in [9.17, 15) is 19.8 Å². The second kappa shape index (κ2) is 7.98. The molecular formula is C16H24N2O6. The molecule has 0 aromatic heterocycles. The van der Waals surface area contributed by atoms with Gasteiger partial charge in [-0.2, -0.15) is 0 Å². The third-order valence-corrected chi connectivity index (χ3v) is 3.14. The molecule has 0 aliphatic carbocycles. The molecule has 24 heavy (non-hydrogen) atoms. The van der Waals surface area contributed by atoms with E-state index in [1.807, 2.05) is 0 Å². The first kappa shape index (κ1) is 19.7. The molecule has 8 heteroatoms. The predicted octanol–water partition coefficient (Wildman–Crippen LogP) is 1.28. The topological polar surface area (TPSA) is 142 Å². The van der Waals surface area contributed by atoms with Crippen molar-refractivity contribution < 1.29 is 29.6 Å². The number of carbonyl (C=O) groups is 2. The number of hydrogen-bond donors (Lipinski definition) is 5. The first-order chi connectivity index (χ1) is 11.0. The summed E-state index contributed by atoms with van der Waals surface area (Å²) in [4.78, 5) is 22.7. The fourth-order valence-corrected chi connectivity index (χ4v) is 2.09. The number of aliphatic hydroxyl groups excluding tert-OH is 2. The lowest BCUT2D eigenvalue weighted by Gasteiger charge is -2.22. The van der Waals surface area contributed by atoms with Crippen molar-refractivity contribution >= 4 is 17.7 Å². The van der Waals surface area contributed by atoms with E-state index in [1.54, 1.807) is 20.8 Å². The Kier molecular flexibility index (Phi) is 6.56. The van der Waals surface area contributed by atoms with Gasteiger partial charge in [0.1, 0.15) is 11.7 Å². The quantitative estimate of drug-likeness (QED) is 0.491. The van der Waals surface area contributed by atoms with Gasteiger partial charge < -0.3 is 31.1 Å². The predicted molar refractivity (Wildman–Crippen MR) is 87.6 cm³/mol. The molecule has 1 rings (SSSR count). The van der Waals surface area contributed by atoms with Crippen LogP contribution >= 0.6 is 0 Å². The lowest BCUT2D eigenvalue weighted by atomic mass is 9.95. The zero-order chi connectivity index (χ0) is 18.5. The number of aromatic carboxylic acids is 1. The number of ether oxygens (including phenoxy) is 1. The molecule has 8 nitrogen and oxygen atoms in total. The summed E-state index contributed by atoms with van der Waals surface area (Å²) >= 11 is 0. The second-order valence-corrected chi connectivity index (χ2v) is 6.34. The molecule has 2 unspecified atom stereocenters. The zero-order valence-electron chi connectivity index (χ0n) is 13.9. The number of carbonyl (C=O) groups excluding carboxylic acids is 1. The van der Waals surface area contributed by atoms with Crippen LogP contribution in [-0.2, 0) is 4.74 Å². The van der Waals surface area contributed by atoms with Gasteiger partial charge in [0.15, 0.2) is 0 Å². The van der Waals surface area contributed by atoms with Gasteiger partial charge in [0.2, 0.25) is 0 Å². The highest BCUT2D eigenvalue weighted by Crippen LogP contribution is 2.28. The Hall–Kier alpha value is -2.32. The third kappa shape index (κ3) is 5.71. The van der Waals surface area contributed by atoms with E-state index in [0.29, 0.717) is 0 Å². The van der Waals surface area contributed by atoms with Crippen LogP contribution in [0.25, 0.3) is 0 Å². The van der Waals surface area contributed by atoms with Crippen LogP contribution in [0.4, 0.5) is 10.5 Å². The van der Waals surface area contributed by atoms with Crippen molar-refractivity contribution in [3.05, 3.63) is 29.3 Å². The maximum absolute atomic E-state index is 11.5. The molecule has 0 radical (unpaired) electrons. The number of nitrogens with one attached hydrogen (secondary N) is 1. The van der Waals surface area contributed by atoms with Gasteiger partial charge >= 0.3 is 12.1 Å². The Labute approximate surface area is 140 Å². The maximum Gasteiger partial charge on any atom is 0.407 e. The van der Waals surface area contributed by atoms with Crippen molar-refractivity contribution in [2.75, 3.05) is 12.3 Å². The van der Waals surface area contributed by atoms with Gasteiger partial charge in [0.05, 0.1) is 11.7 Å². The van der Waals surface area contributed by atoms with E-state index in [1.165, 1.54) is 18.2 Å². The summed E-state index contributed by atoms with van der Waals surface area (Å²) in [5, 5.41) is 31.9. The van der Waals surface area contributed by atoms with Gasteiger partial charge in [-0.15, -0.1) is 0 Å². The Morgan fingerprint density at radius 3 is 2.46 bits per heavy atom. The highest BCUT2D eigenvalue weighted by molar-refractivity contribution is 5.91. The molecule has 0 bridgehead atoms. The van der Waals surface area contributed by atoms with Crippen LogP contribution in [0.3, 0.4) is 0 Å². The second-order valence-electron chi connectivity index (χ2n) is 6.34. The number of amides is 1. The summed E-state index contributed by atoms with van der Waals surface area (Å²) in [6.45, 7) is 5.20. The van der Waals surface area contributed by atoms with Gasteiger partial charge in [0.25, 0.3) is 0 Å².